The molecule has 188 valence electrons. The molecule has 8 nitrogen and oxygen atoms in total. The van der Waals surface area contributed by atoms with E-state index < -0.39 is 11.8 Å². The SMILES string of the molecule is CCCCCCOc1ccc(C(=O)NC(=S)NNC(=O)c2ccc(NC(=O)CCC)cc2)cc1Br. The van der Waals surface area contributed by atoms with E-state index in [9.17, 15) is 14.4 Å². The second kappa shape index (κ2) is 15.1. The summed E-state index contributed by atoms with van der Waals surface area (Å²) in [5, 5.41) is 5.22. The van der Waals surface area contributed by atoms with Crippen LogP contribution in [-0.4, -0.2) is 29.4 Å². The van der Waals surface area contributed by atoms with Crippen LogP contribution in [0.5, 0.6) is 5.75 Å². The molecule has 2 rings (SSSR count). The summed E-state index contributed by atoms with van der Waals surface area (Å²) >= 11 is 8.53. The highest BCUT2D eigenvalue weighted by Crippen LogP contribution is 2.26. The summed E-state index contributed by atoms with van der Waals surface area (Å²) in [6.45, 7) is 4.70. The van der Waals surface area contributed by atoms with Gasteiger partial charge in [0.05, 0.1) is 11.1 Å². The molecule has 0 saturated heterocycles. The minimum Gasteiger partial charge on any atom is -0.492 e. The Balaban J connectivity index is 1.80. The number of carbonyl (C=O) groups is 3. The zero-order valence-electron chi connectivity index (χ0n) is 19.9. The van der Waals surface area contributed by atoms with E-state index in [0.717, 1.165) is 19.3 Å². The minimum absolute atomic E-state index is 0.0563. The molecule has 0 bridgehead atoms. The van der Waals surface area contributed by atoms with E-state index in [-0.39, 0.29) is 11.0 Å². The first-order chi connectivity index (χ1) is 16.8. The van der Waals surface area contributed by atoms with E-state index in [1.165, 1.54) is 12.8 Å². The number of thiocarbonyl (C=S) groups is 1. The maximum absolute atomic E-state index is 12.5. The lowest BCUT2D eigenvalue weighted by molar-refractivity contribution is -0.116. The van der Waals surface area contributed by atoms with Crippen LogP contribution < -0.4 is 26.2 Å². The highest BCUT2D eigenvalue weighted by atomic mass is 79.9. The first kappa shape index (κ1) is 28.3. The van der Waals surface area contributed by atoms with Crippen LogP contribution in [0, 0.1) is 0 Å². The smallest absolute Gasteiger partial charge is 0.269 e. The molecule has 0 fully saturated rings. The van der Waals surface area contributed by atoms with Crippen LogP contribution in [0.15, 0.2) is 46.9 Å². The first-order valence-electron chi connectivity index (χ1n) is 11.6. The number of nitrogens with one attached hydrogen (secondary N) is 4. The summed E-state index contributed by atoms with van der Waals surface area (Å²) in [6.07, 6.45) is 5.64. The Kier molecular flexibility index (Phi) is 12.2. The number of amides is 3. The molecule has 0 saturated carbocycles. The van der Waals surface area contributed by atoms with Crippen molar-refractivity contribution in [3.63, 3.8) is 0 Å². The Morgan fingerprint density at radius 2 is 1.60 bits per heavy atom. The van der Waals surface area contributed by atoms with Crippen LogP contribution in [0.1, 0.15) is 73.1 Å². The molecule has 0 unspecified atom stereocenters. The molecule has 35 heavy (non-hydrogen) atoms. The number of hydrogen-bond donors (Lipinski definition) is 4. The van der Waals surface area contributed by atoms with Gasteiger partial charge in [0.2, 0.25) is 5.91 Å². The Morgan fingerprint density at radius 1 is 0.886 bits per heavy atom. The van der Waals surface area contributed by atoms with Gasteiger partial charge in [0.25, 0.3) is 11.8 Å². The van der Waals surface area contributed by atoms with Crippen molar-refractivity contribution in [2.24, 2.45) is 0 Å². The van der Waals surface area contributed by atoms with E-state index in [2.05, 4.69) is 44.3 Å². The van der Waals surface area contributed by atoms with Gasteiger partial charge < -0.3 is 10.1 Å². The van der Waals surface area contributed by atoms with Gasteiger partial charge in [-0.2, -0.15) is 0 Å². The fourth-order valence-corrected chi connectivity index (χ4v) is 3.65. The number of anilines is 1. The van der Waals surface area contributed by atoms with Crippen molar-refractivity contribution in [1.82, 2.24) is 16.2 Å². The molecule has 0 heterocycles. The van der Waals surface area contributed by atoms with Crippen molar-refractivity contribution < 1.29 is 19.1 Å². The van der Waals surface area contributed by atoms with Crippen molar-refractivity contribution in [1.29, 1.82) is 0 Å². The van der Waals surface area contributed by atoms with Crippen LogP contribution in [-0.2, 0) is 4.79 Å². The number of ether oxygens (including phenoxy) is 1. The maximum atomic E-state index is 12.5. The predicted octanol–water partition coefficient (Wildman–Crippen LogP) is 5.10. The fourth-order valence-electron chi connectivity index (χ4n) is 3.02. The summed E-state index contributed by atoms with van der Waals surface area (Å²) in [7, 11) is 0. The van der Waals surface area contributed by atoms with Crippen molar-refractivity contribution in [3.8, 4) is 5.75 Å². The van der Waals surface area contributed by atoms with Crippen molar-refractivity contribution in [2.75, 3.05) is 11.9 Å². The van der Waals surface area contributed by atoms with Crippen LogP contribution in [0.2, 0.25) is 0 Å². The Bertz CT molecular complexity index is 1030. The molecule has 0 radical (unpaired) electrons. The van der Waals surface area contributed by atoms with Crippen LogP contribution in [0.4, 0.5) is 5.69 Å². The Morgan fingerprint density at radius 3 is 2.26 bits per heavy atom. The second-order valence-electron chi connectivity index (χ2n) is 7.79. The van der Waals surface area contributed by atoms with Gasteiger partial charge in [0.1, 0.15) is 5.75 Å². The van der Waals surface area contributed by atoms with Gasteiger partial charge >= 0.3 is 0 Å². The molecule has 3 amide bonds. The number of benzene rings is 2. The molecular formula is C25H31BrN4O4S. The lowest BCUT2D eigenvalue weighted by atomic mass is 10.2. The van der Waals surface area contributed by atoms with E-state index in [1.54, 1.807) is 42.5 Å². The van der Waals surface area contributed by atoms with Gasteiger partial charge in [-0.05, 0) is 83.5 Å². The molecule has 2 aromatic rings. The molecule has 4 N–H and O–H groups in total. The average molecular weight is 564 g/mol. The monoisotopic (exact) mass is 562 g/mol. The number of halogens is 1. The highest BCUT2D eigenvalue weighted by molar-refractivity contribution is 9.10. The number of hydrogen-bond acceptors (Lipinski definition) is 5. The predicted molar refractivity (Wildman–Crippen MR) is 144 cm³/mol. The summed E-state index contributed by atoms with van der Waals surface area (Å²) in [5.41, 5.74) is 6.29. The number of unbranched alkanes of at least 4 members (excludes halogenated alkanes) is 3. The van der Waals surface area contributed by atoms with E-state index >= 15 is 0 Å². The zero-order chi connectivity index (χ0) is 25.6. The third kappa shape index (κ3) is 10.0. The normalized spacial score (nSPS) is 10.3. The van der Waals surface area contributed by atoms with E-state index in [0.29, 0.717) is 40.1 Å². The largest absolute Gasteiger partial charge is 0.492 e. The summed E-state index contributed by atoms with van der Waals surface area (Å²) in [5.74, 6) is -0.290. The number of hydrazine groups is 1. The van der Waals surface area contributed by atoms with Gasteiger partial charge in [-0.1, -0.05) is 33.1 Å². The molecule has 0 aliphatic carbocycles. The van der Waals surface area contributed by atoms with Gasteiger partial charge in [0.15, 0.2) is 5.11 Å². The van der Waals surface area contributed by atoms with Gasteiger partial charge in [0, 0.05) is 23.2 Å². The van der Waals surface area contributed by atoms with Crippen molar-refractivity contribution in [2.45, 2.75) is 52.4 Å². The lowest BCUT2D eigenvalue weighted by Gasteiger charge is -2.12. The lowest BCUT2D eigenvalue weighted by Crippen LogP contribution is -2.48. The van der Waals surface area contributed by atoms with Crippen molar-refractivity contribution >= 4 is 56.7 Å². The van der Waals surface area contributed by atoms with Gasteiger partial charge in [-0.3, -0.25) is 30.6 Å². The molecule has 0 aliphatic rings. The first-order valence-corrected chi connectivity index (χ1v) is 12.8. The van der Waals surface area contributed by atoms with Crippen molar-refractivity contribution in [3.05, 3.63) is 58.1 Å². The van der Waals surface area contributed by atoms with E-state index in [1.807, 2.05) is 6.92 Å². The molecule has 0 aromatic heterocycles. The Hall–Kier alpha value is -2.98. The topological polar surface area (TPSA) is 109 Å². The third-order valence-electron chi connectivity index (χ3n) is 4.87. The maximum Gasteiger partial charge on any atom is 0.269 e. The third-order valence-corrected chi connectivity index (χ3v) is 5.70. The standard InChI is InChI=1S/C25H31BrN4O4S/c1-3-5-6-7-15-34-21-14-11-18(16-20(21)26)23(32)28-25(35)30-29-24(33)17-9-12-19(13-10-17)27-22(31)8-4-2/h9-14,16H,3-8,15H2,1-2H3,(H,27,31)(H,29,33)(H2,28,30,32,35). The fraction of sp³-hybridized carbons (Fsp3) is 0.360. The van der Waals surface area contributed by atoms with Gasteiger partial charge in [-0.25, -0.2) is 0 Å². The zero-order valence-corrected chi connectivity index (χ0v) is 22.3. The average Bonchev–Trinajstić information content (AvgIpc) is 2.83. The molecular weight excluding hydrogens is 532 g/mol. The highest BCUT2D eigenvalue weighted by Gasteiger charge is 2.12. The summed E-state index contributed by atoms with van der Waals surface area (Å²) in [4.78, 5) is 36.5. The van der Waals surface area contributed by atoms with Crippen LogP contribution >= 0.6 is 28.1 Å². The summed E-state index contributed by atoms with van der Waals surface area (Å²) < 4.78 is 6.43. The quantitative estimate of drug-likeness (QED) is 0.172. The van der Waals surface area contributed by atoms with E-state index in [4.69, 9.17) is 17.0 Å². The molecule has 0 spiro atoms. The number of carbonyl (C=O) groups excluding carboxylic acids is 3. The molecule has 0 atom stereocenters. The molecule has 0 aliphatic heterocycles. The summed E-state index contributed by atoms with van der Waals surface area (Å²) in [6, 6.07) is 11.4. The van der Waals surface area contributed by atoms with Gasteiger partial charge in [-0.15, -0.1) is 0 Å². The molecule has 10 heteroatoms. The second-order valence-corrected chi connectivity index (χ2v) is 9.05. The van der Waals surface area contributed by atoms with Crippen LogP contribution in [0.3, 0.4) is 0 Å². The molecule has 2 aromatic carbocycles. The van der Waals surface area contributed by atoms with Crippen LogP contribution in [0.25, 0.3) is 0 Å². The number of rotatable bonds is 11. The minimum atomic E-state index is -0.448. The Labute approximate surface area is 219 Å².